The summed E-state index contributed by atoms with van der Waals surface area (Å²) in [6, 6.07) is 5.29. The number of thiol groups is 1. The third-order valence-corrected chi connectivity index (χ3v) is 4.39. The highest BCUT2D eigenvalue weighted by Gasteiger charge is 2.24. The number of halogens is 1. The fraction of sp³-hybridized carbons (Fsp3) is 0.533. The van der Waals surface area contributed by atoms with Crippen LogP contribution in [-0.4, -0.2) is 23.9 Å². The van der Waals surface area contributed by atoms with Gasteiger partial charge >= 0.3 is 0 Å². The van der Waals surface area contributed by atoms with E-state index in [4.69, 9.17) is 11.6 Å². The minimum absolute atomic E-state index is 0.0378. The summed E-state index contributed by atoms with van der Waals surface area (Å²) in [4.78, 5) is 15.1. The topological polar surface area (TPSA) is 20.3 Å². The molecule has 4 heteroatoms. The fourth-order valence-electron chi connectivity index (χ4n) is 2.68. The SMILES string of the molecule is CCCC1CCN(C(=O)c2cc(S)ccc2Cl)CC1. The number of amides is 1. The van der Waals surface area contributed by atoms with Crippen LogP contribution >= 0.6 is 24.2 Å². The number of benzene rings is 1. The van der Waals surface area contributed by atoms with Gasteiger partial charge in [-0.2, -0.15) is 0 Å². The average molecular weight is 298 g/mol. The van der Waals surface area contributed by atoms with Gasteiger partial charge in [0, 0.05) is 18.0 Å². The van der Waals surface area contributed by atoms with Crippen molar-refractivity contribution in [1.29, 1.82) is 0 Å². The van der Waals surface area contributed by atoms with E-state index in [1.54, 1.807) is 18.2 Å². The smallest absolute Gasteiger partial charge is 0.255 e. The lowest BCUT2D eigenvalue weighted by atomic mass is 9.92. The van der Waals surface area contributed by atoms with E-state index >= 15 is 0 Å². The third-order valence-electron chi connectivity index (χ3n) is 3.78. The number of hydrogen-bond donors (Lipinski definition) is 1. The molecule has 0 radical (unpaired) electrons. The molecule has 104 valence electrons. The van der Waals surface area contributed by atoms with Crippen LogP contribution in [0.3, 0.4) is 0 Å². The standard InChI is InChI=1S/C15H20ClNOS/c1-2-3-11-6-8-17(9-7-11)15(18)13-10-12(19)4-5-14(13)16/h4-5,10-11,19H,2-3,6-9H2,1H3. The van der Waals surface area contributed by atoms with Crippen LogP contribution in [0.1, 0.15) is 43.0 Å². The quantitative estimate of drug-likeness (QED) is 0.826. The first kappa shape index (κ1) is 14.7. The van der Waals surface area contributed by atoms with Gasteiger partial charge in [-0.15, -0.1) is 12.6 Å². The van der Waals surface area contributed by atoms with E-state index in [2.05, 4.69) is 19.6 Å². The molecule has 0 N–H and O–H groups in total. The monoisotopic (exact) mass is 297 g/mol. The van der Waals surface area contributed by atoms with Crippen LogP contribution in [0.15, 0.2) is 23.1 Å². The van der Waals surface area contributed by atoms with E-state index in [0.29, 0.717) is 10.6 Å². The molecule has 1 aromatic carbocycles. The zero-order chi connectivity index (χ0) is 13.8. The number of carbonyl (C=O) groups is 1. The van der Waals surface area contributed by atoms with Gasteiger partial charge in [0.25, 0.3) is 5.91 Å². The maximum Gasteiger partial charge on any atom is 0.255 e. The van der Waals surface area contributed by atoms with E-state index in [-0.39, 0.29) is 5.91 Å². The van der Waals surface area contributed by atoms with Crippen molar-refractivity contribution in [2.24, 2.45) is 5.92 Å². The average Bonchev–Trinajstić information content (AvgIpc) is 2.42. The molecule has 1 amide bonds. The lowest BCUT2D eigenvalue weighted by molar-refractivity contribution is 0.0686. The molecule has 0 aliphatic carbocycles. The molecule has 1 aliphatic heterocycles. The first-order chi connectivity index (χ1) is 9.11. The van der Waals surface area contributed by atoms with Crippen LogP contribution in [0.4, 0.5) is 0 Å². The van der Waals surface area contributed by atoms with Gasteiger partial charge in [0.15, 0.2) is 0 Å². The molecule has 0 spiro atoms. The van der Waals surface area contributed by atoms with Gasteiger partial charge in [0.1, 0.15) is 0 Å². The lowest BCUT2D eigenvalue weighted by Gasteiger charge is -2.32. The molecule has 0 aromatic heterocycles. The Morgan fingerprint density at radius 3 is 2.74 bits per heavy atom. The van der Waals surface area contributed by atoms with Crippen molar-refractivity contribution in [2.75, 3.05) is 13.1 Å². The summed E-state index contributed by atoms with van der Waals surface area (Å²) in [5.41, 5.74) is 0.572. The molecule has 1 heterocycles. The van der Waals surface area contributed by atoms with Crippen LogP contribution in [-0.2, 0) is 0 Å². The summed E-state index contributed by atoms with van der Waals surface area (Å²) in [6.07, 6.45) is 4.72. The summed E-state index contributed by atoms with van der Waals surface area (Å²) in [6.45, 7) is 3.91. The first-order valence-corrected chi connectivity index (χ1v) is 7.72. The van der Waals surface area contributed by atoms with Crippen molar-refractivity contribution in [2.45, 2.75) is 37.5 Å². The van der Waals surface area contributed by atoms with E-state index in [1.807, 2.05) is 4.90 Å². The Kier molecular flexibility index (Phi) is 5.17. The Bertz CT molecular complexity index is 455. The van der Waals surface area contributed by atoms with Crippen LogP contribution in [0, 0.1) is 5.92 Å². The van der Waals surface area contributed by atoms with E-state index in [0.717, 1.165) is 36.7 Å². The van der Waals surface area contributed by atoms with E-state index < -0.39 is 0 Å². The Labute approximate surface area is 125 Å². The minimum Gasteiger partial charge on any atom is -0.339 e. The van der Waals surface area contributed by atoms with Gasteiger partial charge < -0.3 is 4.90 Å². The summed E-state index contributed by atoms with van der Waals surface area (Å²) >= 11 is 10.4. The second-order valence-corrected chi connectivity index (χ2v) is 6.11. The second kappa shape index (κ2) is 6.67. The third kappa shape index (κ3) is 3.67. The van der Waals surface area contributed by atoms with E-state index in [9.17, 15) is 4.79 Å². The van der Waals surface area contributed by atoms with Crippen molar-refractivity contribution >= 4 is 30.1 Å². The van der Waals surface area contributed by atoms with Crippen LogP contribution in [0.2, 0.25) is 5.02 Å². The highest BCUT2D eigenvalue weighted by molar-refractivity contribution is 7.80. The zero-order valence-electron chi connectivity index (χ0n) is 11.2. The lowest BCUT2D eigenvalue weighted by Crippen LogP contribution is -2.38. The van der Waals surface area contributed by atoms with Crippen molar-refractivity contribution in [3.63, 3.8) is 0 Å². The molecule has 0 atom stereocenters. The summed E-state index contributed by atoms with van der Waals surface area (Å²) in [5, 5.41) is 0.512. The number of rotatable bonds is 3. The largest absolute Gasteiger partial charge is 0.339 e. The number of piperidine rings is 1. The van der Waals surface area contributed by atoms with Crippen LogP contribution < -0.4 is 0 Å². The molecular formula is C15H20ClNOS. The Morgan fingerprint density at radius 2 is 2.11 bits per heavy atom. The maximum atomic E-state index is 12.4. The van der Waals surface area contributed by atoms with Gasteiger partial charge in [-0.1, -0.05) is 31.4 Å². The van der Waals surface area contributed by atoms with Gasteiger partial charge in [0.05, 0.1) is 10.6 Å². The zero-order valence-corrected chi connectivity index (χ0v) is 12.9. The molecule has 0 saturated carbocycles. The molecule has 0 unspecified atom stereocenters. The number of carbonyl (C=O) groups excluding carboxylic acids is 1. The number of hydrogen-bond acceptors (Lipinski definition) is 2. The summed E-state index contributed by atoms with van der Waals surface area (Å²) in [5.74, 6) is 0.816. The van der Waals surface area contributed by atoms with Crippen molar-refractivity contribution < 1.29 is 4.79 Å². The van der Waals surface area contributed by atoms with Gasteiger partial charge in [-0.3, -0.25) is 4.79 Å². The van der Waals surface area contributed by atoms with Gasteiger partial charge in [0.2, 0.25) is 0 Å². The predicted molar refractivity (Wildman–Crippen MR) is 82.2 cm³/mol. The summed E-state index contributed by atoms with van der Waals surface area (Å²) < 4.78 is 0. The van der Waals surface area contributed by atoms with Crippen molar-refractivity contribution in [3.8, 4) is 0 Å². The molecule has 1 fully saturated rings. The number of nitrogens with zero attached hydrogens (tertiary/aromatic N) is 1. The fourth-order valence-corrected chi connectivity index (χ4v) is 3.08. The van der Waals surface area contributed by atoms with Gasteiger partial charge in [-0.25, -0.2) is 0 Å². The summed E-state index contributed by atoms with van der Waals surface area (Å²) in [7, 11) is 0. The van der Waals surface area contributed by atoms with Crippen molar-refractivity contribution in [3.05, 3.63) is 28.8 Å². The molecule has 1 aliphatic rings. The number of likely N-dealkylation sites (tertiary alicyclic amines) is 1. The second-order valence-electron chi connectivity index (χ2n) is 5.19. The van der Waals surface area contributed by atoms with Crippen LogP contribution in [0.25, 0.3) is 0 Å². The highest BCUT2D eigenvalue weighted by Crippen LogP contribution is 2.26. The highest BCUT2D eigenvalue weighted by atomic mass is 35.5. The molecule has 1 aromatic rings. The molecular weight excluding hydrogens is 278 g/mol. The Morgan fingerprint density at radius 1 is 1.42 bits per heavy atom. The van der Waals surface area contributed by atoms with Crippen molar-refractivity contribution in [1.82, 2.24) is 4.90 Å². The first-order valence-electron chi connectivity index (χ1n) is 6.89. The molecule has 0 bridgehead atoms. The molecule has 1 saturated heterocycles. The molecule has 2 rings (SSSR count). The molecule has 19 heavy (non-hydrogen) atoms. The normalized spacial score (nSPS) is 16.7. The molecule has 2 nitrogen and oxygen atoms in total. The van der Waals surface area contributed by atoms with E-state index in [1.165, 1.54) is 12.8 Å². The Balaban J connectivity index is 2.03. The minimum atomic E-state index is 0.0378. The maximum absolute atomic E-state index is 12.4. The van der Waals surface area contributed by atoms with Gasteiger partial charge in [-0.05, 0) is 37.0 Å². The predicted octanol–water partition coefficient (Wildman–Crippen LogP) is 4.28. The van der Waals surface area contributed by atoms with Crippen LogP contribution in [0.5, 0.6) is 0 Å². The Hall–Kier alpha value is -0.670.